The maximum absolute atomic E-state index is 3.77. The molecule has 0 aromatic heterocycles. The molecular formula is C13H27N. The lowest BCUT2D eigenvalue weighted by molar-refractivity contribution is 0.167. The molecular weight excluding hydrogens is 170 g/mol. The zero-order chi connectivity index (χ0) is 10.4. The molecule has 1 unspecified atom stereocenters. The van der Waals surface area contributed by atoms with Crippen molar-refractivity contribution < 1.29 is 0 Å². The van der Waals surface area contributed by atoms with Gasteiger partial charge in [-0.2, -0.15) is 0 Å². The molecule has 1 aliphatic carbocycles. The van der Waals surface area contributed by atoms with Crippen LogP contribution in [0.5, 0.6) is 0 Å². The molecule has 0 spiro atoms. The van der Waals surface area contributed by atoms with Gasteiger partial charge in [0.15, 0.2) is 0 Å². The predicted octanol–water partition coefficient (Wildman–Crippen LogP) is 3.59. The van der Waals surface area contributed by atoms with Crippen LogP contribution >= 0.6 is 0 Å². The first kappa shape index (κ1) is 12.0. The van der Waals surface area contributed by atoms with Gasteiger partial charge in [0.1, 0.15) is 0 Å². The first-order chi connectivity index (χ1) is 6.83. The Morgan fingerprint density at radius 2 is 1.79 bits per heavy atom. The minimum atomic E-state index is 0.818. The number of nitrogens with one attached hydrogen (secondary N) is 1. The lowest BCUT2D eigenvalue weighted by atomic mass is 9.73. The first-order valence-corrected chi connectivity index (χ1v) is 6.56. The number of rotatable bonds is 7. The van der Waals surface area contributed by atoms with Crippen molar-refractivity contribution in [3.63, 3.8) is 0 Å². The maximum atomic E-state index is 3.77. The van der Waals surface area contributed by atoms with E-state index in [1.807, 2.05) is 0 Å². The van der Waals surface area contributed by atoms with Crippen molar-refractivity contribution in [3.8, 4) is 0 Å². The molecule has 1 nitrogen and oxygen atoms in total. The Kier molecular flexibility index (Phi) is 5.54. The molecule has 1 atom stereocenters. The second-order valence-corrected chi connectivity index (χ2v) is 4.75. The maximum Gasteiger partial charge on any atom is 0.0123 e. The van der Waals surface area contributed by atoms with Gasteiger partial charge in [0.2, 0.25) is 0 Å². The highest BCUT2D eigenvalue weighted by molar-refractivity contribution is 4.86. The minimum Gasteiger partial charge on any atom is -0.313 e. The summed E-state index contributed by atoms with van der Waals surface area (Å²) in [6, 6.07) is 0.818. The van der Waals surface area contributed by atoms with E-state index in [0.717, 1.165) is 17.9 Å². The van der Waals surface area contributed by atoms with Crippen molar-refractivity contribution in [1.82, 2.24) is 5.32 Å². The van der Waals surface area contributed by atoms with E-state index >= 15 is 0 Å². The van der Waals surface area contributed by atoms with E-state index in [4.69, 9.17) is 0 Å². The number of hydrogen-bond acceptors (Lipinski definition) is 1. The van der Waals surface area contributed by atoms with E-state index in [9.17, 15) is 0 Å². The highest BCUT2D eigenvalue weighted by atomic mass is 14.9. The third kappa shape index (κ3) is 2.98. The Bertz CT molecular complexity index is 136. The zero-order valence-electron chi connectivity index (χ0n) is 10.2. The summed E-state index contributed by atoms with van der Waals surface area (Å²) in [6.07, 6.45) is 8.36. The summed E-state index contributed by atoms with van der Waals surface area (Å²) < 4.78 is 0. The molecule has 0 amide bonds. The third-order valence-electron chi connectivity index (χ3n) is 3.84. The molecule has 0 radical (unpaired) electrons. The summed E-state index contributed by atoms with van der Waals surface area (Å²) in [6.45, 7) is 8.15. The van der Waals surface area contributed by atoms with Crippen molar-refractivity contribution in [2.24, 2.45) is 11.8 Å². The smallest absolute Gasteiger partial charge is 0.0123 e. The lowest BCUT2D eigenvalue weighted by Gasteiger charge is -2.39. The van der Waals surface area contributed by atoms with Gasteiger partial charge in [-0.05, 0) is 37.6 Å². The molecule has 0 bridgehead atoms. The predicted molar refractivity (Wildman–Crippen MR) is 63.5 cm³/mol. The van der Waals surface area contributed by atoms with Gasteiger partial charge in [-0.25, -0.2) is 0 Å². The zero-order valence-corrected chi connectivity index (χ0v) is 10.2. The Balaban J connectivity index is 2.41. The van der Waals surface area contributed by atoms with Crippen LogP contribution < -0.4 is 5.32 Å². The van der Waals surface area contributed by atoms with Crippen molar-refractivity contribution in [2.75, 3.05) is 6.54 Å². The SMILES string of the molecule is CCCNC(C(CC)CC)C1CCC1. The van der Waals surface area contributed by atoms with Crippen molar-refractivity contribution in [1.29, 1.82) is 0 Å². The fourth-order valence-corrected chi connectivity index (χ4v) is 2.62. The molecule has 1 rings (SSSR count). The van der Waals surface area contributed by atoms with Gasteiger partial charge in [0.05, 0.1) is 0 Å². The molecule has 1 heteroatoms. The van der Waals surface area contributed by atoms with Crippen LogP contribution in [0.3, 0.4) is 0 Å². The van der Waals surface area contributed by atoms with Crippen LogP contribution in [-0.4, -0.2) is 12.6 Å². The second kappa shape index (κ2) is 6.44. The summed E-state index contributed by atoms with van der Waals surface area (Å²) in [7, 11) is 0. The van der Waals surface area contributed by atoms with Crippen molar-refractivity contribution >= 4 is 0 Å². The van der Waals surface area contributed by atoms with Gasteiger partial charge in [-0.3, -0.25) is 0 Å². The fraction of sp³-hybridized carbons (Fsp3) is 1.00. The molecule has 0 aromatic rings. The van der Waals surface area contributed by atoms with Crippen LogP contribution in [0.25, 0.3) is 0 Å². The number of hydrogen-bond donors (Lipinski definition) is 1. The van der Waals surface area contributed by atoms with E-state index < -0.39 is 0 Å². The van der Waals surface area contributed by atoms with Gasteiger partial charge in [-0.1, -0.05) is 40.0 Å². The molecule has 1 fully saturated rings. The third-order valence-corrected chi connectivity index (χ3v) is 3.84. The second-order valence-electron chi connectivity index (χ2n) is 4.75. The lowest BCUT2D eigenvalue weighted by Crippen LogP contribution is -2.45. The van der Waals surface area contributed by atoms with Crippen LogP contribution in [-0.2, 0) is 0 Å². The van der Waals surface area contributed by atoms with Gasteiger partial charge < -0.3 is 5.32 Å². The Morgan fingerprint density at radius 1 is 1.14 bits per heavy atom. The largest absolute Gasteiger partial charge is 0.313 e. The van der Waals surface area contributed by atoms with Gasteiger partial charge in [-0.15, -0.1) is 0 Å². The molecule has 1 N–H and O–H groups in total. The minimum absolute atomic E-state index is 0.818. The van der Waals surface area contributed by atoms with E-state index in [1.165, 1.54) is 45.1 Å². The Hall–Kier alpha value is -0.0400. The van der Waals surface area contributed by atoms with Crippen LogP contribution in [0.4, 0.5) is 0 Å². The molecule has 0 aliphatic heterocycles. The van der Waals surface area contributed by atoms with Crippen LogP contribution in [0.2, 0.25) is 0 Å². The summed E-state index contributed by atoms with van der Waals surface area (Å²) in [5, 5.41) is 3.77. The van der Waals surface area contributed by atoms with Gasteiger partial charge in [0.25, 0.3) is 0 Å². The average Bonchev–Trinajstić information content (AvgIpc) is 2.12. The standard InChI is InChI=1S/C13H27N/c1-4-10-14-13(11(5-2)6-3)12-8-7-9-12/h11-14H,4-10H2,1-3H3. The summed E-state index contributed by atoms with van der Waals surface area (Å²) in [5.41, 5.74) is 0. The van der Waals surface area contributed by atoms with Gasteiger partial charge in [0, 0.05) is 6.04 Å². The Labute approximate surface area is 89.7 Å². The average molecular weight is 197 g/mol. The van der Waals surface area contributed by atoms with Crippen molar-refractivity contribution in [2.45, 2.75) is 65.3 Å². The summed E-state index contributed by atoms with van der Waals surface area (Å²) in [4.78, 5) is 0. The Morgan fingerprint density at radius 3 is 2.14 bits per heavy atom. The van der Waals surface area contributed by atoms with Gasteiger partial charge >= 0.3 is 0 Å². The highest BCUT2D eigenvalue weighted by Crippen LogP contribution is 2.34. The van der Waals surface area contributed by atoms with Crippen molar-refractivity contribution in [3.05, 3.63) is 0 Å². The van der Waals surface area contributed by atoms with E-state index in [2.05, 4.69) is 26.1 Å². The van der Waals surface area contributed by atoms with Crippen LogP contribution in [0, 0.1) is 11.8 Å². The summed E-state index contributed by atoms with van der Waals surface area (Å²) >= 11 is 0. The molecule has 1 saturated carbocycles. The van der Waals surface area contributed by atoms with E-state index in [-0.39, 0.29) is 0 Å². The summed E-state index contributed by atoms with van der Waals surface area (Å²) in [5.74, 6) is 1.90. The highest BCUT2D eigenvalue weighted by Gasteiger charge is 2.30. The molecule has 0 heterocycles. The molecule has 84 valence electrons. The first-order valence-electron chi connectivity index (χ1n) is 6.56. The van der Waals surface area contributed by atoms with E-state index in [0.29, 0.717) is 0 Å². The normalized spacial score (nSPS) is 19.7. The molecule has 14 heavy (non-hydrogen) atoms. The molecule has 0 saturated heterocycles. The van der Waals surface area contributed by atoms with Crippen LogP contribution in [0.15, 0.2) is 0 Å². The molecule has 0 aromatic carbocycles. The van der Waals surface area contributed by atoms with Crippen LogP contribution in [0.1, 0.15) is 59.3 Å². The topological polar surface area (TPSA) is 12.0 Å². The monoisotopic (exact) mass is 197 g/mol. The fourth-order valence-electron chi connectivity index (χ4n) is 2.62. The van der Waals surface area contributed by atoms with E-state index in [1.54, 1.807) is 0 Å². The molecule has 1 aliphatic rings. The quantitative estimate of drug-likeness (QED) is 0.657.